The molecule has 0 saturated carbocycles. The van der Waals surface area contributed by atoms with Crippen molar-refractivity contribution >= 4 is 46.3 Å². The van der Waals surface area contributed by atoms with E-state index in [-0.39, 0.29) is 11.1 Å². The number of thioether (sulfide) groups is 1. The van der Waals surface area contributed by atoms with Crippen LogP contribution in [0, 0.1) is 0 Å². The molecule has 3 rings (SSSR count). The molecule has 1 aromatic rings. The number of anilines is 1. The van der Waals surface area contributed by atoms with Gasteiger partial charge in [0.15, 0.2) is 0 Å². The fourth-order valence-electron chi connectivity index (χ4n) is 2.43. The Kier molecular flexibility index (Phi) is 4.19. The smallest absolute Gasteiger partial charge is 0.290 e. The Morgan fingerprint density at radius 3 is 2.67 bits per heavy atom. The maximum atomic E-state index is 11.7. The first-order valence-electron chi connectivity index (χ1n) is 6.64. The van der Waals surface area contributed by atoms with Crippen LogP contribution in [0.3, 0.4) is 0 Å². The molecule has 2 aliphatic rings. The van der Waals surface area contributed by atoms with Crippen molar-refractivity contribution < 1.29 is 9.59 Å². The fraction of sp³-hybridized carbons (Fsp3) is 0.286. The molecule has 0 aliphatic carbocycles. The highest BCUT2D eigenvalue weighted by Gasteiger charge is 2.26. The third-order valence-electron chi connectivity index (χ3n) is 3.38. The van der Waals surface area contributed by atoms with E-state index in [0.29, 0.717) is 9.93 Å². The second-order valence-corrected chi connectivity index (χ2v) is 6.19. The van der Waals surface area contributed by atoms with Crippen LogP contribution >= 0.6 is 23.4 Å². The van der Waals surface area contributed by atoms with E-state index in [9.17, 15) is 9.59 Å². The number of benzene rings is 1. The molecule has 5 nitrogen and oxygen atoms in total. The number of hydrogen-bond acceptors (Lipinski definition) is 5. The van der Waals surface area contributed by atoms with E-state index in [2.05, 4.69) is 15.5 Å². The first-order valence-corrected chi connectivity index (χ1v) is 7.83. The predicted molar refractivity (Wildman–Crippen MR) is 85.6 cm³/mol. The maximum absolute atomic E-state index is 11.7. The minimum absolute atomic E-state index is 0.336. The Labute approximate surface area is 131 Å². The zero-order valence-electron chi connectivity index (χ0n) is 11.2. The van der Waals surface area contributed by atoms with E-state index in [1.807, 2.05) is 18.2 Å². The van der Waals surface area contributed by atoms with Crippen molar-refractivity contribution in [2.24, 2.45) is 0 Å². The number of carbonyl (C=O) groups excluding carboxylic acids is 2. The summed E-state index contributed by atoms with van der Waals surface area (Å²) in [5, 5.41) is 5.87. The van der Waals surface area contributed by atoms with Gasteiger partial charge in [-0.05, 0) is 23.9 Å². The van der Waals surface area contributed by atoms with Gasteiger partial charge in [0.25, 0.3) is 11.1 Å². The predicted octanol–water partition coefficient (Wildman–Crippen LogP) is 2.07. The second kappa shape index (κ2) is 6.09. The maximum Gasteiger partial charge on any atom is 0.290 e. The molecule has 7 heteroatoms. The number of hydrogen-bond donors (Lipinski definition) is 2. The van der Waals surface area contributed by atoms with E-state index >= 15 is 0 Å². The van der Waals surface area contributed by atoms with Crippen LogP contribution in [-0.2, 0) is 4.79 Å². The average Bonchev–Trinajstić information content (AvgIpc) is 2.78. The summed E-state index contributed by atoms with van der Waals surface area (Å²) in [7, 11) is 0. The van der Waals surface area contributed by atoms with Crippen molar-refractivity contribution in [3.05, 3.63) is 33.7 Å². The van der Waals surface area contributed by atoms with Crippen molar-refractivity contribution in [2.45, 2.75) is 0 Å². The average molecular weight is 324 g/mol. The van der Waals surface area contributed by atoms with Gasteiger partial charge in [-0.25, -0.2) is 0 Å². The van der Waals surface area contributed by atoms with E-state index < -0.39 is 0 Å². The molecule has 2 amide bonds. The fourth-order valence-corrected chi connectivity index (χ4v) is 3.41. The third-order valence-corrected chi connectivity index (χ3v) is 4.50. The van der Waals surface area contributed by atoms with Gasteiger partial charge in [0, 0.05) is 31.7 Å². The highest BCUT2D eigenvalue weighted by molar-refractivity contribution is 8.18. The van der Waals surface area contributed by atoms with Gasteiger partial charge in [-0.3, -0.25) is 14.9 Å². The molecular weight excluding hydrogens is 310 g/mol. The van der Waals surface area contributed by atoms with E-state index in [4.69, 9.17) is 11.6 Å². The normalized spacial score (nSPS) is 21.0. The van der Waals surface area contributed by atoms with Gasteiger partial charge in [0.05, 0.1) is 15.6 Å². The highest BCUT2D eigenvalue weighted by atomic mass is 35.5. The van der Waals surface area contributed by atoms with Gasteiger partial charge in [0.2, 0.25) is 0 Å². The van der Waals surface area contributed by atoms with E-state index in [0.717, 1.165) is 49.2 Å². The molecule has 0 bridgehead atoms. The number of piperazine rings is 1. The van der Waals surface area contributed by atoms with Gasteiger partial charge in [-0.2, -0.15) is 0 Å². The van der Waals surface area contributed by atoms with Gasteiger partial charge in [0.1, 0.15) is 0 Å². The van der Waals surface area contributed by atoms with Crippen molar-refractivity contribution in [1.82, 2.24) is 10.6 Å². The number of amides is 2. The van der Waals surface area contributed by atoms with Gasteiger partial charge in [-0.1, -0.05) is 23.7 Å². The summed E-state index contributed by atoms with van der Waals surface area (Å²) in [5.74, 6) is -0.351. The molecule has 2 saturated heterocycles. The van der Waals surface area contributed by atoms with Gasteiger partial charge < -0.3 is 10.2 Å². The van der Waals surface area contributed by atoms with Crippen LogP contribution in [0.4, 0.5) is 10.5 Å². The summed E-state index contributed by atoms with van der Waals surface area (Å²) in [4.78, 5) is 25.5. The first-order chi connectivity index (χ1) is 10.1. The topological polar surface area (TPSA) is 61.4 Å². The third kappa shape index (κ3) is 3.07. The largest absolute Gasteiger partial charge is 0.367 e. The molecule has 110 valence electrons. The van der Waals surface area contributed by atoms with Crippen LogP contribution in [0.2, 0.25) is 5.02 Å². The number of nitrogens with one attached hydrogen (secondary N) is 2. The van der Waals surface area contributed by atoms with Crippen LogP contribution in [0.15, 0.2) is 23.1 Å². The SMILES string of the molecule is O=C1NC(=O)/C(=C\c2cccc(Cl)c2N2CCNCC2)S1. The Hall–Kier alpha value is -1.50. The Bertz CT molecular complexity index is 627. The van der Waals surface area contributed by atoms with Crippen LogP contribution in [0.25, 0.3) is 6.08 Å². The Morgan fingerprint density at radius 2 is 2.00 bits per heavy atom. The lowest BCUT2D eigenvalue weighted by Gasteiger charge is -2.31. The number of rotatable bonds is 2. The lowest BCUT2D eigenvalue weighted by Crippen LogP contribution is -2.43. The molecule has 2 fully saturated rings. The Morgan fingerprint density at radius 1 is 1.24 bits per heavy atom. The molecule has 0 spiro atoms. The van der Waals surface area contributed by atoms with Crippen molar-refractivity contribution in [2.75, 3.05) is 31.1 Å². The number of carbonyl (C=O) groups is 2. The van der Waals surface area contributed by atoms with Crippen LogP contribution in [0.5, 0.6) is 0 Å². The standard InChI is InChI=1S/C14H14ClN3O2S/c15-10-3-1-2-9(8-11-13(19)17-14(20)21-11)12(10)18-6-4-16-5-7-18/h1-3,8,16H,4-7H2,(H,17,19,20)/b11-8+. The van der Waals surface area contributed by atoms with E-state index in [1.54, 1.807) is 6.08 Å². The molecule has 2 N–H and O–H groups in total. The minimum Gasteiger partial charge on any atom is -0.367 e. The first kappa shape index (κ1) is 14.4. The highest BCUT2D eigenvalue weighted by Crippen LogP contribution is 2.34. The molecule has 1 aromatic carbocycles. The van der Waals surface area contributed by atoms with Crippen LogP contribution < -0.4 is 15.5 Å². The molecule has 0 unspecified atom stereocenters. The summed E-state index contributed by atoms with van der Waals surface area (Å²) in [6.45, 7) is 3.51. The Balaban J connectivity index is 1.98. The van der Waals surface area contributed by atoms with Crippen LogP contribution in [-0.4, -0.2) is 37.3 Å². The van der Waals surface area contributed by atoms with Crippen molar-refractivity contribution in [1.29, 1.82) is 0 Å². The number of imide groups is 1. The number of para-hydroxylation sites is 1. The molecular formula is C14H14ClN3O2S. The lowest BCUT2D eigenvalue weighted by molar-refractivity contribution is -0.115. The summed E-state index contributed by atoms with van der Waals surface area (Å²) >= 11 is 7.26. The summed E-state index contributed by atoms with van der Waals surface area (Å²) in [6.07, 6.45) is 1.73. The molecule has 0 radical (unpaired) electrons. The number of halogens is 1. The molecule has 0 atom stereocenters. The quantitative estimate of drug-likeness (QED) is 0.816. The summed E-state index contributed by atoms with van der Waals surface area (Å²) in [5.41, 5.74) is 1.78. The zero-order chi connectivity index (χ0) is 14.8. The molecule has 2 heterocycles. The van der Waals surface area contributed by atoms with Gasteiger partial charge >= 0.3 is 0 Å². The minimum atomic E-state index is -0.351. The zero-order valence-corrected chi connectivity index (χ0v) is 12.8. The molecule has 21 heavy (non-hydrogen) atoms. The van der Waals surface area contributed by atoms with Gasteiger partial charge in [-0.15, -0.1) is 0 Å². The number of nitrogens with zero attached hydrogens (tertiary/aromatic N) is 1. The molecule has 0 aromatic heterocycles. The summed E-state index contributed by atoms with van der Waals surface area (Å²) < 4.78 is 0. The van der Waals surface area contributed by atoms with E-state index in [1.165, 1.54) is 0 Å². The monoisotopic (exact) mass is 323 g/mol. The summed E-state index contributed by atoms with van der Waals surface area (Å²) in [6, 6.07) is 5.60. The molecule has 2 aliphatic heterocycles. The lowest BCUT2D eigenvalue weighted by atomic mass is 10.1. The van der Waals surface area contributed by atoms with Crippen molar-refractivity contribution in [3.8, 4) is 0 Å². The van der Waals surface area contributed by atoms with Crippen molar-refractivity contribution in [3.63, 3.8) is 0 Å². The second-order valence-electron chi connectivity index (χ2n) is 4.77. The van der Waals surface area contributed by atoms with Crippen LogP contribution in [0.1, 0.15) is 5.56 Å².